The third kappa shape index (κ3) is 4.62. The molecule has 0 saturated heterocycles. The number of aromatic nitrogens is 8. The Kier molecular flexibility index (Phi) is 6.80. The van der Waals surface area contributed by atoms with Crippen molar-refractivity contribution in [2.75, 3.05) is 0 Å². The van der Waals surface area contributed by atoms with E-state index in [-0.39, 0.29) is 10.9 Å². The lowest BCUT2D eigenvalue weighted by molar-refractivity contribution is 0.875. The SMILES string of the molecule is Cc1cn(-c2nc3ncccc3[nH]2)c(CSSCc2c(C)c(=O)c(C)cn2-c2nc3ncccc3[nH]2)c(C)c1=O. The molecule has 40 heavy (non-hydrogen) atoms. The third-order valence-electron chi connectivity index (χ3n) is 6.91. The van der Waals surface area contributed by atoms with E-state index >= 15 is 0 Å². The van der Waals surface area contributed by atoms with Crippen molar-refractivity contribution in [2.45, 2.75) is 39.2 Å². The average molecular weight is 571 g/mol. The molecule has 0 spiro atoms. The van der Waals surface area contributed by atoms with E-state index in [4.69, 9.17) is 0 Å². The molecule has 0 aliphatic carbocycles. The quantitative estimate of drug-likeness (QED) is 0.206. The number of nitrogens with zero attached hydrogens (tertiary/aromatic N) is 6. The first-order chi connectivity index (χ1) is 19.3. The van der Waals surface area contributed by atoms with Crippen LogP contribution < -0.4 is 10.9 Å². The van der Waals surface area contributed by atoms with Crippen molar-refractivity contribution in [1.29, 1.82) is 0 Å². The van der Waals surface area contributed by atoms with Gasteiger partial charge in [0.1, 0.15) is 0 Å². The first kappa shape index (κ1) is 26.1. The van der Waals surface area contributed by atoms with Crippen molar-refractivity contribution in [2.24, 2.45) is 0 Å². The van der Waals surface area contributed by atoms with Gasteiger partial charge in [-0.3, -0.25) is 18.7 Å². The van der Waals surface area contributed by atoms with Gasteiger partial charge in [0, 0.05) is 69.9 Å². The molecule has 0 bridgehead atoms. The molecule has 10 nitrogen and oxygen atoms in total. The van der Waals surface area contributed by atoms with Crippen molar-refractivity contribution in [1.82, 2.24) is 39.0 Å². The van der Waals surface area contributed by atoms with E-state index in [0.29, 0.717) is 57.0 Å². The van der Waals surface area contributed by atoms with E-state index < -0.39 is 0 Å². The molecule has 0 fully saturated rings. The van der Waals surface area contributed by atoms with Gasteiger partial charge in [0.15, 0.2) is 22.2 Å². The lowest BCUT2D eigenvalue weighted by atomic mass is 10.1. The van der Waals surface area contributed by atoms with E-state index in [2.05, 4.69) is 29.9 Å². The van der Waals surface area contributed by atoms with Crippen LogP contribution in [-0.2, 0) is 11.5 Å². The smallest absolute Gasteiger partial charge is 0.213 e. The van der Waals surface area contributed by atoms with Crippen LogP contribution in [0, 0.1) is 27.7 Å². The molecule has 0 aliphatic rings. The first-order valence-electron chi connectivity index (χ1n) is 12.6. The fraction of sp³-hybridized carbons (Fsp3) is 0.214. The van der Waals surface area contributed by atoms with E-state index in [1.165, 1.54) is 0 Å². The molecule has 0 aromatic carbocycles. The Morgan fingerprint density at radius 2 is 1.12 bits per heavy atom. The Hall–Kier alpha value is -4.16. The summed E-state index contributed by atoms with van der Waals surface area (Å²) in [4.78, 5) is 50.3. The van der Waals surface area contributed by atoms with Crippen LogP contribution in [-0.4, -0.2) is 39.0 Å². The van der Waals surface area contributed by atoms with Crippen LogP contribution in [0.3, 0.4) is 0 Å². The summed E-state index contributed by atoms with van der Waals surface area (Å²) in [6.45, 7) is 7.33. The number of fused-ring (bicyclic) bond motifs is 2. The maximum Gasteiger partial charge on any atom is 0.213 e. The summed E-state index contributed by atoms with van der Waals surface area (Å²) >= 11 is 0. The topological polar surface area (TPSA) is 127 Å². The molecule has 6 heterocycles. The minimum absolute atomic E-state index is 0.0211. The van der Waals surface area contributed by atoms with Crippen molar-refractivity contribution >= 4 is 43.9 Å². The molecule has 6 aromatic rings. The molecule has 0 aliphatic heterocycles. The summed E-state index contributed by atoms with van der Waals surface area (Å²) in [6, 6.07) is 7.56. The predicted molar refractivity (Wildman–Crippen MR) is 161 cm³/mol. The number of hydrogen-bond donors (Lipinski definition) is 2. The van der Waals surface area contributed by atoms with Gasteiger partial charge in [0.05, 0.1) is 11.0 Å². The number of hydrogen-bond acceptors (Lipinski definition) is 8. The monoisotopic (exact) mass is 570 g/mol. The zero-order valence-corrected chi connectivity index (χ0v) is 24.0. The second-order valence-corrected chi connectivity index (χ2v) is 12.0. The predicted octanol–water partition coefficient (Wildman–Crippen LogP) is 4.85. The summed E-state index contributed by atoms with van der Waals surface area (Å²) in [7, 11) is 3.23. The Morgan fingerprint density at radius 3 is 1.52 bits per heavy atom. The van der Waals surface area contributed by atoms with Crippen LogP contribution in [0.5, 0.6) is 0 Å². The highest BCUT2D eigenvalue weighted by Crippen LogP contribution is 2.32. The number of pyridine rings is 4. The van der Waals surface area contributed by atoms with Crippen molar-refractivity contribution in [3.8, 4) is 11.9 Å². The number of aryl methyl sites for hydroxylation is 2. The summed E-state index contributed by atoms with van der Waals surface area (Å²) in [5, 5.41) is 0. The molecule has 202 valence electrons. The zero-order valence-electron chi connectivity index (χ0n) is 22.3. The van der Waals surface area contributed by atoms with Gasteiger partial charge in [-0.05, 0) is 52.0 Å². The molecule has 0 amide bonds. The number of rotatable bonds is 7. The number of imidazole rings is 2. The molecule has 0 unspecified atom stereocenters. The third-order valence-corrected chi connectivity index (χ3v) is 9.07. The maximum atomic E-state index is 12.9. The number of H-pyrrole nitrogens is 2. The van der Waals surface area contributed by atoms with E-state index in [0.717, 1.165) is 22.4 Å². The molecule has 12 heteroatoms. The number of aromatic amines is 2. The molecular weight excluding hydrogens is 544 g/mol. The Bertz CT molecular complexity index is 1810. The van der Waals surface area contributed by atoms with Crippen LogP contribution >= 0.6 is 21.6 Å². The molecule has 0 saturated carbocycles. The Labute approximate surface area is 236 Å². The molecule has 6 aromatic heterocycles. The van der Waals surface area contributed by atoms with Crippen LogP contribution in [0.1, 0.15) is 33.6 Å². The molecule has 0 atom stereocenters. The highest BCUT2D eigenvalue weighted by molar-refractivity contribution is 8.76. The summed E-state index contributed by atoms with van der Waals surface area (Å²) in [5.74, 6) is 2.34. The van der Waals surface area contributed by atoms with Crippen molar-refractivity contribution in [3.63, 3.8) is 0 Å². The standard InChI is InChI=1S/C28H26N8O2S2/c1-15-11-35(27-31-19-7-5-9-29-25(19)33-27)21(17(3)23(15)37)13-39-40-14-22-18(4)24(38)16(2)12-36(22)28-32-20-8-6-10-30-26(20)34-28/h5-12H,13-14H2,1-4H3,(H,29,31,33)(H,30,32,34). The van der Waals surface area contributed by atoms with E-state index in [9.17, 15) is 9.59 Å². The van der Waals surface area contributed by atoms with Crippen LogP contribution in [0.25, 0.3) is 34.2 Å². The van der Waals surface area contributed by atoms with Gasteiger partial charge in [0.25, 0.3) is 0 Å². The summed E-state index contributed by atoms with van der Waals surface area (Å²) in [6.07, 6.45) is 7.06. The van der Waals surface area contributed by atoms with Crippen LogP contribution in [0.15, 0.2) is 58.6 Å². The van der Waals surface area contributed by atoms with Gasteiger partial charge < -0.3 is 9.97 Å². The van der Waals surface area contributed by atoms with E-state index in [1.807, 2.05) is 73.5 Å². The minimum Gasteiger partial charge on any atom is -0.322 e. The molecule has 6 rings (SSSR count). The largest absolute Gasteiger partial charge is 0.322 e. The molecular formula is C28H26N8O2S2. The van der Waals surface area contributed by atoms with Gasteiger partial charge >= 0.3 is 0 Å². The van der Waals surface area contributed by atoms with Gasteiger partial charge in [0.2, 0.25) is 11.9 Å². The highest BCUT2D eigenvalue weighted by atomic mass is 33.1. The van der Waals surface area contributed by atoms with Crippen molar-refractivity contribution < 1.29 is 0 Å². The lowest BCUT2D eigenvalue weighted by Gasteiger charge is -2.16. The highest BCUT2D eigenvalue weighted by Gasteiger charge is 2.17. The van der Waals surface area contributed by atoms with Gasteiger partial charge in [-0.2, -0.15) is 9.97 Å². The molecule has 2 N–H and O–H groups in total. The van der Waals surface area contributed by atoms with Gasteiger partial charge in [-0.15, -0.1) is 0 Å². The van der Waals surface area contributed by atoms with Crippen LogP contribution in [0.4, 0.5) is 0 Å². The summed E-state index contributed by atoms with van der Waals surface area (Å²) in [5.41, 5.74) is 7.29. The normalized spacial score (nSPS) is 11.6. The first-order valence-corrected chi connectivity index (χ1v) is 15.1. The Balaban J connectivity index is 1.29. The fourth-order valence-corrected chi connectivity index (χ4v) is 6.97. The van der Waals surface area contributed by atoms with Gasteiger partial charge in [-0.25, -0.2) is 9.97 Å². The number of nitrogens with one attached hydrogen (secondary N) is 2. The Morgan fingerprint density at radius 1 is 0.700 bits per heavy atom. The van der Waals surface area contributed by atoms with E-state index in [1.54, 1.807) is 34.0 Å². The summed E-state index contributed by atoms with van der Waals surface area (Å²) < 4.78 is 3.88. The van der Waals surface area contributed by atoms with Crippen molar-refractivity contribution in [3.05, 3.63) is 103 Å². The zero-order chi connectivity index (χ0) is 28.0. The fourth-order valence-electron chi connectivity index (χ4n) is 4.70. The lowest BCUT2D eigenvalue weighted by Crippen LogP contribution is -2.19. The second kappa shape index (κ2) is 10.4. The van der Waals surface area contributed by atoms with Crippen LogP contribution in [0.2, 0.25) is 0 Å². The molecule has 0 radical (unpaired) electrons. The minimum atomic E-state index is 0.0211. The maximum absolute atomic E-state index is 12.9. The van der Waals surface area contributed by atoms with Gasteiger partial charge in [-0.1, -0.05) is 21.6 Å². The second-order valence-electron chi connectivity index (χ2n) is 9.56. The average Bonchev–Trinajstić information content (AvgIpc) is 3.59.